The fraction of sp³-hybridized carbons (Fsp3) is 0.374. The average molecular weight is 1580 g/mol. The number of nitrogens with one attached hydrogen (secondary N) is 8. The van der Waals surface area contributed by atoms with Crippen LogP contribution >= 0.6 is 0 Å². The van der Waals surface area contributed by atoms with Gasteiger partial charge in [-0.3, -0.25) is 53.1 Å². The summed E-state index contributed by atoms with van der Waals surface area (Å²) in [5.74, 6) is -2.89. The molecule has 116 heavy (non-hydrogen) atoms. The number of amides is 8. The van der Waals surface area contributed by atoms with E-state index in [2.05, 4.69) is 52.3 Å². The van der Waals surface area contributed by atoms with Crippen molar-refractivity contribution in [2.24, 2.45) is 0 Å². The summed E-state index contributed by atoms with van der Waals surface area (Å²) in [6, 6.07) is 50.6. The zero-order valence-corrected chi connectivity index (χ0v) is 67.6. The zero-order chi connectivity index (χ0) is 82.4. The minimum Gasteiger partial charge on any atom is -0.484 e. The minimum absolute atomic E-state index is 0.000637. The molecular weight excluding hydrogens is 1470 g/mol. The molecule has 25 nitrogen and oxygen atoms in total. The molecular formula is C91H109N11O14. The molecule has 0 spiro atoms. The Labute approximate surface area is 679 Å². The molecule has 9 aliphatic heterocycles. The molecule has 0 saturated heterocycles. The van der Waals surface area contributed by atoms with Crippen LogP contribution < -0.4 is 61.5 Å². The van der Waals surface area contributed by atoms with E-state index in [4.69, 9.17) is 23.7 Å². The Kier molecular flexibility index (Phi) is 32.4. The van der Waals surface area contributed by atoms with Gasteiger partial charge in [0.05, 0.1) is 22.3 Å². The Morgan fingerprint density at radius 2 is 0.681 bits per heavy atom. The van der Waals surface area contributed by atoms with Crippen LogP contribution in [0.3, 0.4) is 0 Å². The molecule has 9 aliphatic rings. The van der Waals surface area contributed by atoms with Crippen molar-refractivity contribution < 1.29 is 66.8 Å². The summed E-state index contributed by atoms with van der Waals surface area (Å²) < 4.78 is 32.0. The quantitative estimate of drug-likeness (QED) is 0.0206. The summed E-state index contributed by atoms with van der Waals surface area (Å²) in [7, 11) is 0. The highest BCUT2D eigenvalue weighted by Gasteiger charge is 2.29. The third-order valence-electron chi connectivity index (χ3n) is 20.4. The SMILES string of the molecule is Cc1c2ccc(c1C)C(=O)NCCN1CCNC(=O)c3ccc(c(C)c3C)C(=O)NCCN(CCNC2=O)CCNC(=O)c2ccc(c(OCc3ccccc3)c2OCc2ccccc2)C(=O)NCCN(CCNC(=O)c2ccc(C(=O)CCCCCCNC(=O)OC(C)(C)C)c(OCc3ccccc3)c2OCc2ccccc2)CC1. The largest absolute Gasteiger partial charge is 0.484 e. The third kappa shape index (κ3) is 25.5. The molecule has 17 rings (SSSR count). The molecule has 8 aromatic rings. The summed E-state index contributed by atoms with van der Waals surface area (Å²) in [5.41, 5.74) is 7.21. The molecule has 0 fully saturated rings. The average Bonchev–Trinajstić information content (AvgIpc) is 0.807. The van der Waals surface area contributed by atoms with Crippen molar-refractivity contribution in [3.05, 3.63) is 259 Å². The van der Waals surface area contributed by atoms with Crippen molar-refractivity contribution >= 4 is 53.2 Å². The van der Waals surface area contributed by atoms with E-state index in [1.807, 2.05) is 126 Å². The van der Waals surface area contributed by atoms with Crippen LogP contribution in [0.15, 0.2) is 170 Å². The Morgan fingerprint density at radius 3 is 1.07 bits per heavy atom. The first-order chi connectivity index (χ1) is 56.1. The zero-order valence-electron chi connectivity index (χ0n) is 67.6. The minimum atomic E-state index is -0.621. The van der Waals surface area contributed by atoms with E-state index in [0.29, 0.717) is 110 Å². The van der Waals surface area contributed by atoms with Gasteiger partial charge in [0.2, 0.25) is 0 Å². The molecule has 0 radical (unpaired) electrons. The predicted octanol–water partition coefficient (Wildman–Crippen LogP) is 11.0. The molecule has 8 bridgehead atoms. The second-order valence-corrected chi connectivity index (χ2v) is 29.9. The normalized spacial score (nSPS) is 15.9. The smallest absolute Gasteiger partial charge is 0.407 e. The second kappa shape index (κ2) is 43.5. The van der Waals surface area contributed by atoms with Crippen molar-refractivity contribution in [1.82, 2.24) is 57.2 Å². The summed E-state index contributed by atoms with van der Waals surface area (Å²) >= 11 is 0. The lowest BCUT2D eigenvalue weighted by Gasteiger charge is -2.28. The van der Waals surface area contributed by atoms with Gasteiger partial charge in [0, 0.05) is 140 Å². The summed E-state index contributed by atoms with van der Waals surface area (Å²) in [4.78, 5) is 135. The number of hydrogen-bond donors (Lipinski definition) is 8. The van der Waals surface area contributed by atoms with Crippen LogP contribution in [0.1, 0.15) is 180 Å². The molecule has 8 aromatic carbocycles. The highest BCUT2D eigenvalue weighted by Crippen LogP contribution is 2.39. The Hall–Kier alpha value is -11.9. The maximum atomic E-state index is 15.1. The predicted molar refractivity (Wildman–Crippen MR) is 445 cm³/mol. The maximum Gasteiger partial charge on any atom is 0.407 e. The number of nitrogens with zero attached hydrogens (tertiary/aromatic N) is 3. The van der Waals surface area contributed by atoms with Gasteiger partial charge in [-0.2, -0.15) is 0 Å². The first-order valence-electron chi connectivity index (χ1n) is 39.9. The van der Waals surface area contributed by atoms with E-state index >= 15 is 9.59 Å². The molecule has 8 N–H and O–H groups in total. The van der Waals surface area contributed by atoms with E-state index in [1.165, 1.54) is 0 Å². The van der Waals surface area contributed by atoms with Gasteiger partial charge in [0.25, 0.3) is 41.4 Å². The topological polar surface area (TPSA) is 306 Å². The van der Waals surface area contributed by atoms with Crippen molar-refractivity contribution in [3.8, 4) is 23.0 Å². The highest BCUT2D eigenvalue weighted by atomic mass is 16.6. The van der Waals surface area contributed by atoms with Gasteiger partial charge >= 0.3 is 6.09 Å². The van der Waals surface area contributed by atoms with Crippen LogP contribution in [0.4, 0.5) is 4.79 Å². The number of ketones is 1. The molecule has 612 valence electrons. The van der Waals surface area contributed by atoms with Gasteiger partial charge in [-0.1, -0.05) is 134 Å². The number of ether oxygens (including phenoxy) is 5. The van der Waals surface area contributed by atoms with Gasteiger partial charge in [0.15, 0.2) is 28.8 Å². The molecule has 9 heterocycles. The molecule has 0 aliphatic carbocycles. The van der Waals surface area contributed by atoms with Crippen molar-refractivity contribution in [3.63, 3.8) is 0 Å². The van der Waals surface area contributed by atoms with Gasteiger partial charge in [-0.25, -0.2) is 4.79 Å². The van der Waals surface area contributed by atoms with E-state index < -0.39 is 29.4 Å². The lowest BCUT2D eigenvalue weighted by molar-refractivity contribution is 0.0525. The van der Waals surface area contributed by atoms with Crippen molar-refractivity contribution in [2.45, 2.75) is 113 Å². The van der Waals surface area contributed by atoms with E-state index in [-0.39, 0.29) is 173 Å². The first-order valence-corrected chi connectivity index (χ1v) is 39.9. The second-order valence-electron chi connectivity index (χ2n) is 29.9. The standard InChI is InChI=1S/C91H109N11O14/c1-62-64(3)72-35-33-70(62)83(104)92-42-49-100-50-43-93-84(105)71-34-36-73(65(4)63(71)2)86(107)95-46-53-101(52-45-94-85(72)106)56-57-102(55-48-98-89(110)77-40-39-76(88(109)96-44-51-100)81(114-60-68-28-18-12-19-29-68)82(77)115-61-69-30-20-13-21-31-69)54-47-97-87(108)75-38-37-74(78(103)32-22-8-9-23-41-99-90(111)116-91(5,6)7)79(112-58-66-24-14-10-15-25-66)80(75)113-59-67-26-16-11-17-27-67/h10-21,24-31,33-40H,8-9,22-23,32,41-61H2,1-7H3,(H,92,104)(H,93,105)(H,94,106)(H,95,107)(H,96,109)(H,97,108)(H,98,110)(H,99,111). The van der Waals surface area contributed by atoms with Crippen LogP contribution in [0.5, 0.6) is 23.0 Å². The maximum absolute atomic E-state index is 15.1. The van der Waals surface area contributed by atoms with Crippen LogP contribution in [0.25, 0.3) is 0 Å². The van der Waals surface area contributed by atoms with E-state index in [9.17, 15) is 33.6 Å². The first kappa shape index (κ1) is 86.5. The number of fused-ring (bicyclic) bond motifs is 1. The van der Waals surface area contributed by atoms with E-state index in [0.717, 1.165) is 28.7 Å². The van der Waals surface area contributed by atoms with Crippen LogP contribution in [0, 0.1) is 27.7 Å². The fourth-order valence-electron chi connectivity index (χ4n) is 13.7. The Bertz CT molecular complexity index is 4600. The van der Waals surface area contributed by atoms with E-state index in [1.54, 1.807) is 97.0 Å². The molecule has 0 atom stereocenters. The van der Waals surface area contributed by atoms with Gasteiger partial charge in [0.1, 0.15) is 32.0 Å². The lowest BCUT2D eigenvalue weighted by Crippen LogP contribution is -2.46. The third-order valence-corrected chi connectivity index (χ3v) is 20.4. The van der Waals surface area contributed by atoms with Crippen molar-refractivity contribution in [2.75, 3.05) is 111 Å². The number of benzene rings is 8. The fourth-order valence-corrected chi connectivity index (χ4v) is 13.7. The summed E-state index contributed by atoms with van der Waals surface area (Å²) in [5, 5.41) is 24.4. The van der Waals surface area contributed by atoms with Gasteiger partial charge < -0.3 is 66.2 Å². The van der Waals surface area contributed by atoms with Crippen LogP contribution in [-0.2, 0) is 31.2 Å². The van der Waals surface area contributed by atoms with Crippen LogP contribution in [-0.4, -0.2) is 185 Å². The van der Waals surface area contributed by atoms with Crippen molar-refractivity contribution in [1.29, 1.82) is 0 Å². The number of rotatable bonds is 24. The number of unbranched alkanes of at least 4 members (excludes halogenated alkanes) is 3. The lowest BCUT2D eigenvalue weighted by atomic mass is 9.97. The van der Waals surface area contributed by atoms with Crippen LogP contribution in [0.2, 0.25) is 0 Å². The number of alkyl carbamates (subject to hydrolysis) is 1. The molecule has 0 aromatic heterocycles. The Morgan fingerprint density at radius 1 is 0.353 bits per heavy atom. The monoisotopic (exact) mass is 1580 g/mol. The molecule has 25 heteroatoms. The summed E-state index contributed by atoms with van der Waals surface area (Å²) in [6.45, 7) is 16.7. The molecule has 0 unspecified atom stereocenters. The Balaban J connectivity index is 0.988. The molecule has 0 saturated carbocycles. The number of hydrogen-bond acceptors (Lipinski definition) is 17. The number of carbonyl (C=O) groups excluding carboxylic acids is 9. The number of Topliss-reactive ketones (excluding diaryl/α,β-unsaturated/α-hetero) is 1. The van der Waals surface area contributed by atoms with Gasteiger partial charge in [-0.05, 0) is 154 Å². The number of carbonyl (C=O) groups is 9. The van der Waals surface area contributed by atoms with Gasteiger partial charge in [-0.15, -0.1) is 0 Å². The highest BCUT2D eigenvalue weighted by molar-refractivity contribution is 6.05. The summed E-state index contributed by atoms with van der Waals surface area (Å²) in [6.07, 6.45) is 2.39. The molecule has 8 amide bonds.